The average Bonchev–Trinajstić information content (AvgIpc) is 2.39. The van der Waals surface area contributed by atoms with Gasteiger partial charge in [-0.15, -0.1) is 0 Å². The monoisotopic (exact) mass is 243 g/mol. The second kappa shape index (κ2) is 9.86. The summed E-state index contributed by atoms with van der Waals surface area (Å²) in [5, 5.41) is 12.5. The molecule has 1 aliphatic carbocycles. The minimum Gasteiger partial charge on any atom is -0.395 e. The van der Waals surface area contributed by atoms with Crippen molar-refractivity contribution < 1.29 is 9.84 Å². The van der Waals surface area contributed by atoms with Crippen molar-refractivity contribution in [3.8, 4) is 0 Å². The second-order valence-corrected chi connectivity index (χ2v) is 5.20. The molecule has 0 aliphatic heterocycles. The van der Waals surface area contributed by atoms with Crippen LogP contribution in [0.2, 0.25) is 0 Å². The first-order valence-electron chi connectivity index (χ1n) is 7.28. The quantitative estimate of drug-likeness (QED) is 0.611. The summed E-state index contributed by atoms with van der Waals surface area (Å²) in [7, 11) is 0. The smallest absolute Gasteiger partial charge is 0.0585 e. The molecule has 3 heteroatoms. The van der Waals surface area contributed by atoms with Gasteiger partial charge < -0.3 is 15.2 Å². The van der Waals surface area contributed by atoms with Gasteiger partial charge in [0.1, 0.15) is 0 Å². The van der Waals surface area contributed by atoms with E-state index in [0.29, 0.717) is 0 Å². The number of aliphatic hydroxyl groups excluding tert-OH is 1. The van der Waals surface area contributed by atoms with Crippen molar-refractivity contribution >= 4 is 0 Å². The molecule has 1 fully saturated rings. The molecule has 1 rings (SSSR count). The summed E-state index contributed by atoms with van der Waals surface area (Å²) < 4.78 is 5.73. The highest BCUT2D eigenvalue weighted by Crippen LogP contribution is 2.23. The maximum absolute atomic E-state index is 9.18. The zero-order chi connectivity index (χ0) is 12.3. The first-order chi connectivity index (χ1) is 8.36. The highest BCUT2D eigenvalue weighted by Gasteiger charge is 2.13. The molecule has 1 saturated carbocycles. The topological polar surface area (TPSA) is 41.5 Å². The van der Waals surface area contributed by atoms with Crippen LogP contribution in [0.3, 0.4) is 0 Å². The van der Waals surface area contributed by atoms with Gasteiger partial charge in [0.2, 0.25) is 0 Å². The Morgan fingerprint density at radius 2 is 2.06 bits per heavy atom. The van der Waals surface area contributed by atoms with Crippen LogP contribution < -0.4 is 5.32 Å². The fraction of sp³-hybridized carbons (Fsp3) is 1.00. The second-order valence-electron chi connectivity index (χ2n) is 5.20. The van der Waals surface area contributed by atoms with Crippen LogP contribution in [-0.4, -0.2) is 37.5 Å². The van der Waals surface area contributed by atoms with Gasteiger partial charge in [0.15, 0.2) is 0 Å². The number of hydrogen-bond donors (Lipinski definition) is 2. The lowest BCUT2D eigenvalue weighted by molar-refractivity contribution is 0.0737. The maximum atomic E-state index is 9.18. The van der Waals surface area contributed by atoms with Gasteiger partial charge >= 0.3 is 0 Å². The fourth-order valence-corrected chi connectivity index (χ4v) is 2.44. The fourth-order valence-electron chi connectivity index (χ4n) is 2.44. The van der Waals surface area contributed by atoms with Crippen LogP contribution in [-0.2, 0) is 4.74 Å². The summed E-state index contributed by atoms with van der Waals surface area (Å²) in [6.07, 6.45) is 8.89. The maximum Gasteiger partial charge on any atom is 0.0585 e. The SMILES string of the molecule is CCCNC(CO)CCOCC1CCCCC1. The Hall–Kier alpha value is -0.120. The third-order valence-electron chi connectivity index (χ3n) is 3.59. The van der Waals surface area contributed by atoms with Crippen LogP contribution in [0, 0.1) is 5.92 Å². The Bertz CT molecular complexity index is 170. The summed E-state index contributed by atoms with van der Waals surface area (Å²) in [5.41, 5.74) is 0. The van der Waals surface area contributed by atoms with E-state index in [-0.39, 0.29) is 12.6 Å². The third-order valence-corrected chi connectivity index (χ3v) is 3.59. The van der Waals surface area contributed by atoms with Crippen molar-refractivity contribution in [2.45, 2.75) is 57.9 Å². The molecule has 1 unspecified atom stereocenters. The molecule has 1 aliphatic rings. The van der Waals surface area contributed by atoms with E-state index in [9.17, 15) is 5.11 Å². The molecule has 2 N–H and O–H groups in total. The minimum absolute atomic E-state index is 0.210. The normalized spacial score (nSPS) is 19.4. The molecule has 0 amide bonds. The first-order valence-corrected chi connectivity index (χ1v) is 7.28. The number of rotatable bonds is 9. The molecule has 1 atom stereocenters. The lowest BCUT2D eigenvalue weighted by Gasteiger charge is -2.22. The largest absolute Gasteiger partial charge is 0.395 e. The van der Waals surface area contributed by atoms with E-state index in [0.717, 1.165) is 38.5 Å². The zero-order valence-corrected chi connectivity index (χ0v) is 11.3. The standard InChI is InChI=1S/C14H29NO2/c1-2-9-15-14(11-16)8-10-17-12-13-6-4-3-5-7-13/h13-16H,2-12H2,1H3. The Balaban J connectivity index is 1.97. The number of aliphatic hydroxyl groups is 1. The molecule has 0 spiro atoms. The van der Waals surface area contributed by atoms with Gasteiger partial charge in [0, 0.05) is 19.3 Å². The van der Waals surface area contributed by atoms with E-state index < -0.39 is 0 Å². The van der Waals surface area contributed by atoms with Crippen LogP contribution in [0.25, 0.3) is 0 Å². The lowest BCUT2D eigenvalue weighted by atomic mass is 9.90. The van der Waals surface area contributed by atoms with Crippen LogP contribution in [0.1, 0.15) is 51.9 Å². The number of hydrogen-bond acceptors (Lipinski definition) is 3. The Kier molecular flexibility index (Phi) is 8.67. The van der Waals surface area contributed by atoms with Gasteiger partial charge in [-0.2, -0.15) is 0 Å². The number of ether oxygens (including phenoxy) is 1. The molecule has 0 aromatic carbocycles. The predicted molar refractivity (Wildman–Crippen MR) is 71.2 cm³/mol. The van der Waals surface area contributed by atoms with E-state index >= 15 is 0 Å². The van der Waals surface area contributed by atoms with Gasteiger partial charge in [0.25, 0.3) is 0 Å². The highest BCUT2D eigenvalue weighted by atomic mass is 16.5. The van der Waals surface area contributed by atoms with Crippen molar-refractivity contribution in [3.05, 3.63) is 0 Å². The molecule has 0 aromatic rings. The molecule has 0 heterocycles. The Morgan fingerprint density at radius 1 is 1.29 bits per heavy atom. The van der Waals surface area contributed by atoms with Crippen molar-refractivity contribution in [3.63, 3.8) is 0 Å². The van der Waals surface area contributed by atoms with E-state index in [2.05, 4.69) is 12.2 Å². The van der Waals surface area contributed by atoms with Gasteiger partial charge in [-0.3, -0.25) is 0 Å². The summed E-state index contributed by atoms with van der Waals surface area (Å²) in [6.45, 7) is 5.03. The van der Waals surface area contributed by atoms with Crippen LogP contribution in [0.15, 0.2) is 0 Å². The predicted octanol–water partition coefficient (Wildman–Crippen LogP) is 2.33. The van der Waals surface area contributed by atoms with Gasteiger partial charge in [-0.1, -0.05) is 26.2 Å². The van der Waals surface area contributed by atoms with Crippen LogP contribution in [0.4, 0.5) is 0 Å². The molecule has 0 bridgehead atoms. The zero-order valence-electron chi connectivity index (χ0n) is 11.3. The highest BCUT2D eigenvalue weighted by molar-refractivity contribution is 4.67. The van der Waals surface area contributed by atoms with Gasteiger partial charge in [0.05, 0.1) is 6.61 Å². The molecule has 102 valence electrons. The van der Waals surface area contributed by atoms with E-state index in [1.165, 1.54) is 32.1 Å². The summed E-state index contributed by atoms with van der Waals surface area (Å²) in [4.78, 5) is 0. The van der Waals surface area contributed by atoms with Gasteiger partial charge in [-0.05, 0) is 38.1 Å². The van der Waals surface area contributed by atoms with Crippen molar-refractivity contribution in [2.24, 2.45) is 5.92 Å². The van der Waals surface area contributed by atoms with E-state index in [4.69, 9.17) is 4.74 Å². The van der Waals surface area contributed by atoms with E-state index in [1.54, 1.807) is 0 Å². The molecular formula is C14H29NO2. The summed E-state index contributed by atoms with van der Waals surface area (Å²) >= 11 is 0. The van der Waals surface area contributed by atoms with Crippen molar-refractivity contribution in [1.29, 1.82) is 0 Å². The third kappa shape index (κ3) is 7.02. The molecular weight excluding hydrogens is 214 g/mol. The molecule has 0 radical (unpaired) electrons. The number of nitrogens with one attached hydrogen (secondary N) is 1. The van der Waals surface area contributed by atoms with E-state index in [1.807, 2.05) is 0 Å². The summed E-state index contributed by atoms with van der Waals surface area (Å²) in [6, 6.07) is 0.210. The van der Waals surface area contributed by atoms with Crippen LogP contribution >= 0.6 is 0 Å². The Labute approximate surface area is 106 Å². The molecule has 3 nitrogen and oxygen atoms in total. The first kappa shape index (κ1) is 14.9. The van der Waals surface area contributed by atoms with Crippen molar-refractivity contribution in [1.82, 2.24) is 5.32 Å². The van der Waals surface area contributed by atoms with Gasteiger partial charge in [-0.25, -0.2) is 0 Å². The average molecular weight is 243 g/mol. The lowest BCUT2D eigenvalue weighted by Crippen LogP contribution is -2.34. The van der Waals surface area contributed by atoms with Crippen molar-refractivity contribution in [2.75, 3.05) is 26.4 Å². The molecule has 0 aromatic heterocycles. The molecule has 0 saturated heterocycles. The Morgan fingerprint density at radius 3 is 2.71 bits per heavy atom. The molecule has 17 heavy (non-hydrogen) atoms. The summed E-state index contributed by atoms with van der Waals surface area (Å²) in [5.74, 6) is 0.792. The minimum atomic E-state index is 0.210. The van der Waals surface area contributed by atoms with Crippen LogP contribution in [0.5, 0.6) is 0 Å².